The highest BCUT2D eigenvalue weighted by Crippen LogP contribution is 2.26. The molecule has 3 nitrogen and oxygen atoms in total. The number of halogens is 5. The van der Waals surface area contributed by atoms with Crippen molar-refractivity contribution in [2.45, 2.75) is 18.4 Å². The first-order valence-corrected chi connectivity index (χ1v) is 5.98. The Balaban J connectivity index is 1.97. The van der Waals surface area contributed by atoms with Gasteiger partial charge in [0.25, 0.3) is 0 Å². The van der Waals surface area contributed by atoms with Crippen molar-refractivity contribution in [2.75, 3.05) is 13.2 Å². The SMILES string of the molecule is NC(COCC(F)(F)C(F)F)c1cc2cc(F)ccc2o1. The molecule has 1 aromatic heterocycles. The third-order valence-corrected chi connectivity index (χ3v) is 2.77. The predicted octanol–water partition coefficient (Wildman–Crippen LogP) is 3.49. The highest BCUT2D eigenvalue weighted by atomic mass is 19.3. The van der Waals surface area contributed by atoms with E-state index in [4.69, 9.17) is 10.2 Å². The van der Waals surface area contributed by atoms with E-state index in [0.29, 0.717) is 11.0 Å². The van der Waals surface area contributed by atoms with Gasteiger partial charge in [-0.3, -0.25) is 0 Å². The summed E-state index contributed by atoms with van der Waals surface area (Å²) >= 11 is 0. The second-order valence-corrected chi connectivity index (χ2v) is 4.51. The summed E-state index contributed by atoms with van der Waals surface area (Å²) in [5.74, 6) is -4.50. The summed E-state index contributed by atoms with van der Waals surface area (Å²) < 4.78 is 71.9. The number of hydrogen-bond donors (Lipinski definition) is 1. The molecule has 0 saturated heterocycles. The minimum Gasteiger partial charge on any atom is -0.459 e. The van der Waals surface area contributed by atoms with E-state index in [1.165, 1.54) is 24.3 Å². The van der Waals surface area contributed by atoms with Gasteiger partial charge < -0.3 is 14.9 Å². The molecule has 0 aliphatic carbocycles. The van der Waals surface area contributed by atoms with Gasteiger partial charge in [-0.15, -0.1) is 0 Å². The Hall–Kier alpha value is -1.67. The first-order valence-electron chi connectivity index (χ1n) is 5.98. The molecule has 1 atom stereocenters. The molecule has 1 aromatic carbocycles. The monoisotopic (exact) mass is 309 g/mol. The average molecular weight is 309 g/mol. The summed E-state index contributed by atoms with van der Waals surface area (Å²) in [5, 5.41) is 0.457. The van der Waals surface area contributed by atoms with Gasteiger partial charge in [-0.25, -0.2) is 13.2 Å². The molecule has 0 spiro atoms. The van der Waals surface area contributed by atoms with Gasteiger partial charge in [0.1, 0.15) is 23.8 Å². The number of alkyl halides is 4. The van der Waals surface area contributed by atoms with Crippen LogP contribution in [0.5, 0.6) is 0 Å². The second-order valence-electron chi connectivity index (χ2n) is 4.51. The molecule has 0 bridgehead atoms. The number of fused-ring (bicyclic) bond motifs is 1. The zero-order valence-corrected chi connectivity index (χ0v) is 10.7. The molecule has 21 heavy (non-hydrogen) atoms. The first-order chi connectivity index (χ1) is 9.79. The van der Waals surface area contributed by atoms with Crippen molar-refractivity contribution in [2.24, 2.45) is 5.73 Å². The molecule has 0 saturated carbocycles. The fourth-order valence-corrected chi connectivity index (χ4v) is 1.68. The molecule has 0 aliphatic heterocycles. The van der Waals surface area contributed by atoms with Gasteiger partial charge in [0, 0.05) is 5.39 Å². The molecule has 2 aromatic rings. The normalized spacial score (nSPS) is 14.0. The highest BCUT2D eigenvalue weighted by molar-refractivity contribution is 5.78. The standard InChI is InChI=1S/C13H12F5NO2/c14-8-1-2-10-7(3-8)4-11(21-10)9(19)5-20-6-13(17,18)12(15)16/h1-4,9,12H,5-6,19H2. The van der Waals surface area contributed by atoms with Crippen molar-refractivity contribution in [3.8, 4) is 0 Å². The molecule has 8 heteroatoms. The number of benzene rings is 1. The second kappa shape index (κ2) is 5.98. The van der Waals surface area contributed by atoms with Crippen molar-refractivity contribution in [1.82, 2.24) is 0 Å². The Labute approximate surface area is 116 Å². The highest BCUT2D eigenvalue weighted by Gasteiger charge is 2.41. The summed E-state index contributed by atoms with van der Waals surface area (Å²) in [5.41, 5.74) is 6.03. The van der Waals surface area contributed by atoms with Crippen LogP contribution in [0.15, 0.2) is 28.7 Å². The van der Waals surface area contributed by atoms with Gasteiger partial charge in [0.15, 0.2) is 0 Å². The van der Waals surface area contributed by atoms with E-state index in [9.17, 15) is 22.0 Å². The first kappa shape index (κ1) is 15.7. The molecule has 0 fully saturated rings. The van der Waals surface area contributed by atoms with Crippen molar-refractivity contribution < 1.29 is 31.1 Å². The molecule has 1 unspecified atom stereocenters. The lowest BCUT2D eigenvalue weighted by Gasteiger charge is -2.16. The summed E-state index contributed by atoms with van der Waals surface area (Å²) in [6.07, 6.45) is -3.80. The van der Waals surface area contributed by atoms with Crippen LogP contribution in [-0.4, -0.2) is 25.6 Å². The number of rotatable bonds is 6. The van der Waals surface area contributed by atoms with Crippen LogP contribution in [0.1, 0.15) is 11.8 Å². The van der Waals surface area contributed by atoms with E-state index in [1.54, 1.807) is 0 Å². The molecule has 2 rings (SSSR count). The Kier molecular flexibility index (Phi) is 4.48. The topological polar surface area (TPSA) is 48.4 Å². The van der Waals surface area contributed by atoms with Crippen LogP contribution < -0.4 is 5.73 Å². The van der Waals surface area contributed by atoms with Gasteiger partial charge in [-0.1, -0.05) is 0 Å². The number of ether oxygens (including phenoxy) is 1. The number of hydrogen-bond acceptors (Lipinski definition) is 3. The third-order valence-electron chi connectivity index (χ3n) is 2.77. The van der Waals surface area contributed by atoms with Crippen molar-refractivity contribution >= 4 is 11.0 Å². The van der Waals surface area contributed by atoms with Crippen LogP contribution in [0.4, 0.5) is 22.0 Å². The Morgan fingerprint density at radius 1 is 1.24 bits per heavy atom. The van der Waals surface area contributed by atoms with Crippen LogP contribution in [0.25, 0.3) is 11.0 Å². The van der Waals surface area contributed by atoms with E-state index in [-0.39, 0.29) is 5.76 Å². The van der Waals surface area contributed by atoms with Gasteiger partial charge in [-0.2, -0.15) is 8.78 Å². The van der Waals surface area contributed by atoms with E-state index in [1.807, 2.05) is 0 Å². The van der Waals surface area contributed by atoms with Crippen LogP contribution >= 0.6 is 0 Å². The summed E-state index contributed by atoms with van der Waals surface area (Å²) in [7, 11) is 0. The zero-order chi connectivity index (χ0) is 15.6. The largest absolute Gasteiger partial charge is 0.459 e. The predicted molar refractivity (Wildman–Crippen MR) is 64.9 cm³/mol. The van der Waals surface area contributed by atoms with E-state index in [2.05, 4.69) is 4.74 Å². The van der Waals surface area contributed by atoms with Crippen LogP contribution in [0.3, 0.4) is 0 Å². The van der Waals surface area contributed by atoms with Gasteiger partial charge in [0.05, 0.1) is 12.6 Å². The third kappa shape index (κ3) is 3.70. The fraction of sp³-hybridized carbons (Fsp3) is 0.385. The average Bonchev–Trinajstić information content (AvgIpc) is 2.81. The molecule has 2 N–H and O–H groups in total. The summed E-state index contributed by atoms with van der Waals surface area (Å²) in [6.45, 7) is -1.86. The smallest absolute Gasteiger partial charge is 0.330 e. The molecular weight excluding hydrogens is 297 g/mol. The maximum atomic E-state index is 13.0. The Bertz CT molecular complexity index is 614. The minimum absolute atomic E-state index is 0.191. The van der Waals surface area contributed by atoms with E-state index < -0.39 is 37.4 Å². The lowest BCUT2D eigenvalue weighted by Crippen LogP contribution is -2.33. The maximum absolute atomic E-state index is 13.0. The lowest BCUT2D eigenvalue weighted by molar-refractivity contribution is -0.166. The number of furan rings is 1. The summed E-state index contributed by atoms with van der Waals surface area (Å²) in [6, 6.07) is 4.33. The number of nitrogens with two attached hydrogens (primary N) is 1. The Morgan fingerprint density at radius 2 is 1.95 bits per heavy atom. The minimum atomic E-state index is -4.23. The Morgan fingerprint density at radius 3 is 2.62 bits per heavy atom. The maximum Gasteiger partial charge on any atom is 0.330 e. The summed E-state index contributed by atoms with van der Waals surface area (Å²) in [4.78, 5) is 0. The van der Waals surface area contributed by atoms with Crippen molar-refractivity contribution in [3.63, 3.8) is 0 Å². The quantitative estimate of drug-likeness (QED) is 0.831. The van der Waals surface area contributed by atoms with Gasteiger partial charge >= 0.3 is 12.3 Å². The van der Waals surface area contributed by atoms with E-state index >= 15 is 0 Å². The molecular formula is C13H12F5NO2. The van der Waals surface area contributed by atoms with Gasteiger partial charge in [-0.05, 0) is 24.3 Å². The van der Waals surface area contributed by atoms with Gasteiger partial charge in [0.2, 0.25) is 0 Å². The zero-order valence-electron chi connectivity index (χ0n) is 10.7. The molecule has 0 aliphatic rings. The lowest BCUT2D eigenvalue weighted by atomic mass is 10.2. The van der Waals surface area contributed by atoms with Crippen molar-refractivity contribution in [1.29, 1.82) is 0 Å². The molecule has 1 heterocycles. The molecule has 116 valence electrons. The van der Waals surface area contributed by atoms with Crippen molar-refractivity contribution in [3.05, 3.63) is 35.8 Å². The fourth-order valence-electron chi connectivity index (χ4n) is 1.68. The van der Waals surface area contributed by atoms with Crippen LogP contribution in [-0.2, 0) is 4.74 Å². The molecule has 0 amide bonds. The molecule has 0 radical (unpaired) electrons. The van der Waals surface area contributed by atoms with Crippen LogP contribution in [0.2, 0.25) is 0 Å². The van der Waals surface area contributed by atoms with Crippen LogP contribution in [0, 0.1) is 5.82 Å². The van der Waals surface area contributed by atoms with E-state index in [0.717, 1.165) is 0 Å².